The molecular weight excluding hydrogens is 184 g/mol. The van der Waals surface area contributed by atoms with Gasteiger partial charge in [-0.3, -0.25) is 4.68 Å². The number of benzene rings is 1. The van der Waals surface area contributed by atoms with Crippen molar-refractivity contribution in [1.82, 2.24) is 9.78 Å². The highest BCUT2D eigenvalue weighted by Gasteiger charge is 2.29. The Bertz CT molecular complexity index is 456. The molecule has 2 heteroatoms. The fraction of sp³-hybridized carbons (Fsp3) is 0.462. The van der Waals surface area contributed by atoms with E-state index in [-0.39, 0.29) is 0 Å². The summed E-state index contributed by atoms with van der Waals surface area (Å²) in [4.78, 5) is 0. The maximum absolute atomic E-state index is 4.77. The molecule has 1 saturated carbocycles. The summed E-state index contributed by atoms with van der Waals surface area (Å²) in [7, 11) is 0. The van der Waals surface area contributed by atoms with Gasteiger partial charge < -0.3 is 0 Å². The summed E-state index contributed by atoms with van der Waals surface area (Å²) >= 11 is 0. The van der Waals surface area contributed by atoms with Crippen molar-refractivity contribution >= 4 is 10.9 Å². The Morgan fingerprint density at radius 3 is 2.67 bits per heavy atom. The van der Waals surface area contributed by atoms with E-state index in [9.17, 15) is 0 Å². The molecule has 0 N–H and O–H groups in total. The summed E-state index contributed by atoms with van der Waals surface area (Å²) in [6, 6.07) is 9.03. The molecule has 0 spiro atoms. The van der Waals surface area contributed by atoms with Crippen molar-refractivity contribution < 1.29 is 0 Å². The zero-order chi connectivity index (χ0) is 10.4. The predicted molar refractivity (Wildman–Crippen MR) is 62.1 cm³/mol. The summed E-state index contributed by atoms with van der Waals surface area (Å²) in [5.41, 5.74) is 2.61. The molecule has 1 aliphatic rings. The summed E-state index contributed by atoms with van der Waals surface area (Å²) < 4.78 is 2.16. The van der Waals surface area contributed by atoms with Crippen molar-refractivity contribution in [2.24, 2.45) is 0 Å². The van der Waals surface area contributed by atoms with Gasteiger partial charge in [-0.05, 0) is 32.8 Å². The van der Waals surface area contributed by atoms with Crippen LogP contribution in [0.1, 0.15) is 44.3 Å². The molecule has 2 nitrogen and oxygen atoms in total. The van der Waals surface area contributed by atoms with Crippen molar-refractivity contribution in [1.29, 1.82) is 0 Å². The fourth-order valence-corrected chi connectivity index (χ4v) is 2.17. The molecule has 0 aliphatic heterocycles. The summed E-state index contributed by atoms with van der Waals surface area (Å²) in [6.45, 7) is 4.38. The number of nitrogens with zero attached hydrogens (tertiary/aromatic N) is 2. The molecule has 0 amide bonds. The lowest BCUT2D eigenvalue weighted by Gasteiger charge is -2.06. The molecule has 15 heavy (non-hydrogen) atoms. The van der Waals surface area contributed by atoms with Crippen molar-refractivity contribution in [3.8, 4) is 0 Å². The molecule has 0 saturated heterocycles. The van der Waals surface area contributed by atoms with Crippen molar-refractivity contribution in [3.05, 3.63) is 30.0 Å². The van der Waals surface area contributed by atoms with Crippen LogP contribution in [0.4, 0.5) is 0 Å². The lowest BCUT2D eigenvalue weighted by molar-refractivity contribution is 0.544. The molecule has 1 aliphatic carbocycles. The highest BCUT2D eigenvalue weighted by Crippen LogP contribution is 2.42. The maximum Gasteiger partial charge on any atom is 0.0734 e. The van der Waals surface area contributed by atoms with Crippen LogP contribution in [0, 0.1) is 0 Å². The first-order valence-electron chi connectivity index (χ1n) is 5.74. The lowest BCUT2D eigenvalue weighted by Crippen LogP contribution is -2.02. The molecule has 3 rings (SSSR count). The largest absolute Gasteiger partial charge is 0.262 e. The van der Waals surface area contributed by atoms with Crippen LogP contribution >= 0.6 is 0 Å². The molecule has 1 heterocycles. The number of hydrogen-bond acceptors (Lipinski definition) is 1. The van der Waals surface area contributed by atoms with Gasteiger partial charge in [-0.25, -0.2) is 0 Å². The van der Waals surface area contributed by atoms with Crippen LogP contribution in [-0.2, 0) is 0 Å². The Morgan fingerprint density at radius 1 is 1.27 bits per heavy atom. The lowest BCUT2D eigenvalue weighted by atomic mass is 10.1. The second-order valence-corrected chi connectivity index (χ2v) is 4.71. The third-order valence-corrected chi connectivity index (χ3v) is 3.10. The Morgan fingerprint density at radius 2 is 2.00 bits per heavy atom. The van der Waals surface area contributed by atoms with E-state index < -0.39 is 0 Å². The van der Waals surface area contributed by atoms with Gasteiger partial charge in [0.25, 0.3) is 0 Å². The van der Waals surface area contributed by atoms with Crippen LogP contribution < -0.4 is 0 Å². The highest BCUT2D eigenvalue weighted by molar-refractivity contribution is 5.82. The van der Waals surface area contributed by atoms with Gasteiger partial charge in [0.2, 0.25) is 0 Å². The third-order valence-electron chi connectivity index (χ3n) is 3.10. The topological polar surface area (TPSA) is 17.8 Å². The van der Waals surface area contributed by atoms with E-state index in [4.69, 9.17) is 5.10 Å². The zero-order valence-corrected chi connectivity index (χ0v) is 9.27. The Hall–Kier alpha value is -1.31. The van der Waals surface area contributed by atoms with Gasteiger partial charge >= 0.3 is 0 Å². The van der Waals surface area contributed by atoms with Gasteiger partial charge in [0.05, 0.1) is 11.2 Å². The Balaban J connectivity index is 2.27. The van der Waals surface area contributed by atoms with Crippen LogP contribution in [-0.4, -0.2) is 9.78 Å². The second-order valence-electron chi connectivity index (χ2n) is 4.71. The number of para-hydroxylation sites is 1. The van der Waals surface area contributed by atoms with Gasteiger partial charge in [-0.1, -0.05) is 18.2 Å². The van der Waals surface area contributed by atoms with E-state index in [1.807, 2.05) is 0 Å². The molecule has 0 atom stereocenters. The molecule has 2 aromatic rings. The summed E-state index contributed by atoms with van der Waals surface area (Å²) in [5, 5.41) is 6.12. The van der Waals surface area contributed by atoms with E-state index in [0.717, 1.165) is 5.92 Å². The van der Waals surface area contributed by atoms with Crippen molar-refractivity contribution in [2.45, 2.75) is 38.6 Å². The fourth-order valence-electron chi connectivity index (χ4n) is 2.17. The molecule has 0 radical (unpaired) electrons. The minimum absolute atomic E-state index is 0.447. The normalized spacial score (nSPS) is 16.5. The average molecular weight is 200 g/mol. The predicted octanol–water partition coefficient (Wildman–Crippen LogP) is 3.49. The van der Waals surface area contributed by atoms with Gasteiger partial charge in [0.15, 0.2) is 0 Å². The molecule has 78 valence electrons. The highest BCUT2D eigenvalue weighted by atomic mass is 15.3. The molecule has 0 bridgehead atoms. The molecule has 1 fully saturated rings. The monoisotopic (exact) mass is 200 g/mol. The number of fused-ring (bicyclic) bond motifs is 1. The van der Waals surface area contributed by atoms with E-state index in [0.29, 0.717) is 6.04 Å². The molecular formula is C13H16N2. The van der Waals surface area contributed by atoms with E-state index in [2.05, 4.69) is 42.8 Å². The first-order valence-corrected chi connectivity index (χ1v) is 5.74. The Kier molecular flexibility index (Phi) is 1.84. The van der Waals surface area contributed by atoms with Crippen LogP contribution in [0.15, 0.2) is 24.3 Å². The zero-order valence-electron chi connectivity index (χ0n) is 9.27. The van der Waals surface area contributed by atoms with Crippen LogP contribution in [0.5, 0.6) is 0 Å². The maximum atomic E-state index is 4.77. The SMILES string of the molecule is CC(C)n1nc(C2CC2)c2ccccc21. The average Bonchev–Trinajstić information content (AvgIpc) is 2.99. The molecule has 1 aromatic heterocycles. The number of hydrogen-bond donors (Lipinski definition) is 0. The van der Waals surface area contributed by atoms with Crippen LogP contribution in [0.25, 0.3) is 10.9 Å². The van der Waals surface area contributed by atoms with E-state index in [1.54, 1.807) is 0 Å². The summed E-state index contributed by atoms with van der Waals surface area (Å²) in [6.07, 6.45) is 2.64. The van der Waals surface area contributed by atoms with E-state index >= 15 is 0 Å². The molecule has 1 aromatic carbocycles. The first kappa shape index (κ1) is 8.96. The Labute approximate surface area is 89.9 Å². The van der Waals surface area contributed by atoms with Gasteiger partial charge in [0, 0.05) is 17.3 Å². The first-order chi connectivity index (χ1) is 7.27. The number of aromatic nitrogens is 2. The van der Waals surface area contributed by atoms with Crippen LogP contribution in [0.2, 0.25) is 0 Å². The van der Waals surface area contributed by atoms with E-state index in [1.165, 1.54) is 29.4 Å². The second kappa shape index (κ2) is 3.09. The third kappa shape index (κ3) is 1.36. The minimum Gasteiger partial charge on any atom is -0.262 e. The van der Waals surface area contributed by atoms with Gasteiger partial charge in [-0.15, -0.1) is 0 Å². The van der Waals surface area contributed by atoms with Crippen LogP contribution in [0.3, 0.4) is 0 Å². The van der Waals surface area contributed by atoms with Crippen molar-refractivity contribution in [3.63, 3.8) is 0 Å². The molecule has 0 unspecified atom stereocenters. The summed E-state index contributed by atoms with van der Waals surface area (Å²) in [5.74, 6) is 0.731. The smallest absolute Gasteiger partial charge is 0.0734 e. The quantitative estimate of drug-likeness (QED) is 0.725. The van der Waals surface area contributed by atoms with Gasteiger partial charge in [-0.2, -0.15) is 5.10 Å². The standard InChI is InChI=1S/C13H16N2/c1-9(2)15-12-6-4-3-5-11(12)13(14-15)10-7-8-10/h3-6,9-10H,7-8H2,1-2H3. The van der Waals surface area contributed by atoms with Crippen molar-refractivity contribution in [2.75, 3.05) is 0 Å². The number of rotatable bonds is 2. The van der Waals surface area contributed by atoms with Gasteiger partial charge in [0.1, 0.15) is 0 Å². The minimum atomic E-state index is 0.447.